The van der Waals surface area contributed by atoms with Crippen LogP contribution in [0.2, 0.25) is 10.0 Å². The fourth-order valence-corrected chi connectivity index (χ4v) is 7.70. The SMILES string of the molecule is COc1ccc(S(=O)(=O)N(CC(=O)N(Cc2c(Cl)cccc2Cl)[C@@H](Cc2ccccc2)C(=O)NC2CCCC2)c2ccccc2)cc1. The first-order valence-corrected chi connectivity index (χ1v) is 17.7. The molecule has 1 aliphatic carbocycles. The first-order valence-electron chi connectivity index (χ1n) is 15.5. The molecule has 1 aliphatic rings. The summed E-state index contributed by atoms with van der Waals surface area (Å²) in [5.41, 5.74) is 1.59. The van der Waals surface area contributed by atoms with E-state index in [-0.39, 0.29) is 29.8 Å². The third kappa shape index (κ3) is 8.46. The summed E-state index contributed by atoms with van der Waals surface area (Å²) in [7, 11) is -2.75. The van der Waals surface area contributed by atoms with Crippen molar-refractivity contribution in [3.05, 3.63) is 124 Å². The summed E-state index contributed by atoms with van der Waals surface area (Å²) in [5, 5.41) is 3.82. The number of hydrogen-bond donors (Lipinski definition) is 1. The summed E-state index contributed by atoms with van der Waals surface area (Å²) in [6.07, 6.45) is 3.94. The van der Waals surface area contributed by atoms with Crippen LogP contribution in [0.1, 0.15) is 36.8 Å². The van der Waals surface area contributed by atoms with Crippen LogP contribution in [-0.4, -0.2) is 50.9 Å². The summed E-state index contributed by atoms with van der Waals surface area (Å²) >= 11 is 13.2. The molecule has 1 atom stereocenters. The summed E-state index contributed by atoms with van der Waals surface area (Å²) < 4.78 is 34.6. The van der Waals surface area contributed by atoms with Crippen molar-refractivity contribution in [2.24, 2.45) is 0 Å². The van der Waals surface area contributed by atoms with E-state index in [2.05, 4.69) is 5.32 Å². The molecular weight excluding hydrogens is 657 g/mol. The average Bonchev–Trinajstić information content (AvgIpc) is 3.60. The van der Waals surface area contributed by atoms with Crippen molar-refractivity contribution in [3.8, 4) is 5.75 Å². The highest BCUT2D eigenvalue weighted by atomic mass is 35.5. The number of amides is 2. The number of sulfonamides is 1. The Balaban J connectivity index is 1.57. The lowest BCUT2D eigenvalue weighted by atomic mass is 10.0. The molecule has 0 saturated heterocycles. The fourth-order valence-electron chi connectivity index (χ4n) is 5.77. The lowest BCUT2D eigenvalue weighted by Crippen LogP contribution is -2.54. The molecule has 4 aromatic carbocycles. The van der Waals surface area contributed by atoms with Gasteiger partial charge in [-0.25, -0.2) is 8.42 Å². The van der Waals surface area contributed by atoms with Crippen LogP contribution < -0.4 is 14.4 Å². The zero-order valence-electron chi connectivity index (χ0n) is 26.0. The largest absolute Gasteiger partial charge is 0.497 e. The number of hydrogen-bond acceptors (Lipinski definition) is 5. The molecule has 4 aromatic rings. The van der Waals surface area contributed by atoms with E-state index in [0.717, 1.165) is 35.6 Å². The van der Waals surface area contributed by atoms with Gasteiger partial charge in [-0.1, -0.05) is 90.6 Å². The number of halogens is 2. The summed E-state index contributed by atoms with van der Waals surface area (Å²) in [6.45, 7) is -0.694. The molecule has 11 heteroatoms. The van der Waals surface area contributed by atoms with Crippen molar-refractivity contribution in [2.45, 2.75) is 55.6 Å². The molecule has 47 heavy (non-hydrogen) atoms. The maximum Gasteiger partial charge on any atom is 0.264 e. The molecule has 2 amide bonds. The van der Waals surface area contributed by atoms with E-state index in [1.54, 1.807) is 60.7 Å². The van der Waals surface area contributed by atoms with Gasteiger partial charge in [-0.3, -0.25) is 13.9 Å². The predicted molar refractivity (Wildman–Crippen MR) is 185 cm³/mol. The minimum absolute atomic E-state index is 0.00195. The zero-order chi connectivity index (χ0) is 33.4. The molecule has 1 fully saturated rings. The van der Waals surface area contributed by atoms with Crippen LogP contribution in [-0.2, 0) is 32.6 Å². The number of ether oxygens (including phenoxy) is 1. The van der Waals surface area contributed by atoms with Gasteiger partial charge in [0.05, 0.1) is 17.7 Å². The molecular formula is C36H37Cl2N3O5S. The van der Waals surface area contributed by atoms with Gasteiger partial charge >= 0.3 is 0 Å². The second-order valence-electron chi connectivity index (χ2n) is 11.4. The van der Waals surface area contributed by atoms with Gasteiger partial charge < -0.3 is 15.0 Å². The van der Waals surface area contributed by atoms with Crippen molar-refractivity contribution < 1.29 is 22.7 Å². The lowest BCUT2D eigenvalue weighted by Gasteiger charge is -2.34. The van der Waals surface area contributed by atoms with E-state index >= 15 is 0 Å². The Hall–Kier alpha value is -4.05. The number of carbonyl (C=O) groups is 2. The molecule has 8 nitrogen and oxygen atoms in total. The minimum atomic E-state index is -4.24. The lowest BCUT2D eigenvalue weighted by molar-refractivity contribution is -0.140. The maximum atomic E-state index is 14.6. The molecule has 0 radical (unpaired) electrons. The number of carbonyl (C=O) groups excluding carboxylic acids is 2. The standard InChI is InChI=1S/C36H37Cl2N3O5S/c1-46-29-19-21-30(22-20-29)47(44,45)41(28-15-6-3-7-16-28)25-35(42)40(24-31-32(37)17-10-18-33(31)38)34(23-26-11-4-2-5-12-26)36(43)39-27-13-8-9-14-27/h2-7,10-12,15-22,27,34H,8-9,13-14,23-25H2,1H3,(H,39,43)/t34-/m0/s1. The Labute approximate surface area is 286 Å². The molecule has 1 saturated carbocycles. The van der Waals surface area contributed by atoms with Gasteiger partial charge in [0.2, 0.25) is 11.8 Å². The third-order valence-corrected chi connectivity index (χ3v) is 10.8. The summed E-state index contributed by atoms with van der Waals surface area (Å²) in [6, 6.07) is 27.8. The highest BCUT2D eigenvalue weighted by Crippen LogP contribution is 2.30. The second-order valence-corrected chi connectivity index (χ2v) is 14.1. The second kappa shape index (κ2) is 15.7. The monoisotopic (exact) mass is 693 g/mol. The number of rotatable bonds is 13. The average molecular weight is 695 g/mol. The number of nitrogens with one attached hydrogen (secondary N) is 1. The molecule has 0 heterocycles. The van der Waals surface area contributed by atoms with Crippen molar-refractivity contribution in [2.75, 3.05) is 18.0 Å². The smallest absolute Gasteiger partial charge is 0.264 e. The first-order chi connectivity index (χ1) is 22.7. The van der Waals surface area contributed by atoms with E-state index in [4.69, 9.17) is 27.9 Å². The van der Waals surface area contributed by atoms with Crippen LogP contribution in [0.3, 0.4) is 0 Å². The molecule has 1 N–H and O–H groups in total. The molecule has 0 unspecified atom stereocenters. The maximum absolute atomic E-state index is 14.6. The van der Waals surface area contributed by atoms with Crippen molar-refractivity contribution in [1.82, 2.24) is 10.2 Å². The Morgan fingerprint density at radius 2 is 1.45 bits per heavy atom. The zero-order valence-corrected chi connectivity index (χ0v) is 28.3. The number of benzene rings is 4. The highest BCUT2D eigenvalue weighted by molar-refractivity contribution is 7.92. The van der Waals surface area contributed by atoms with E-state index in [1.165, 1.54) is 24.1 Å². The van der Waals surface area contributed by atoms with Crippen LogP contribution in [0, 0.1) is 0 Å². The van der Waals surface area contributed by atoms with E-state index in [1.807, 2.05) is 30.3 Å². The normalized spacial score (nSPS) is 13.9. The number of methoxy groups -OCH3 is 1. The van der Waals surface area contributed by atoms with Crippen LogP contribution >= 0.6 is 23.2 Å². The molecule has 0 bridgehead atoms. The van der Waals surface area contributed by atoms with Gasteiger partial charge in [-0.15, -0.1) is 0 Å². The highest BCUT2D eigenvalue weighted by Gasteiger charge is 2.36. The Morgan fingerprint density at radius 1 is 0.851 bits per heavy atom. The van der Waals surface area contributed by atoms with Gasteiger partial charge in [0.1, 0.15) is 18.3 Å². The van der Waals surface area contributed by atoms with E-state index in [9.17, 15) is 18.0 Å². The summed E-state index contributed by atoms with van der Waals surface area (Å²) in [5.74, 6) is -0.419. The van der Waals surface area contributed by atoms with Gasteiger partial charge in [-0.05, 0) is 66.9 Å². The van der Waals surface area contributed by atoms with Gasteiger partial charge in [-0.2, -0.15) is 0 Å². The van der Waals surface area contributed by atoms with Crippen LogP contribution in [0.4, 0.5) is 5.69 Å². The first kappa shape index (κ1) is 34.3. The molecule has 0 aliphatic heterocycles. The van der Waals surface area contributed by atoms with E-state index < -0.39 is 28.5 Å². The van der Waals surface area contributed by atoms with Gasteiger partial charge in [0, 0.05) is 34.6 Å². The molecule has 5 rings (SSSR count). The molecule has 0 spiro atoms. The van der Waals surface area contributed by atoms with Gasteiger partial charge in [0.15, 0.2) is 0 Å². The number of nitrogens with zero attached hydrogens (tertiary/aromatic N) is 2. The van der Waals surface area contributed by atoms with Crippen molar-refractivity contribution in [1.29, 1.82) is 0 Å². The van der Waals surface area contributed by atoms with E-state index in [0.29, 0.717) is 27.0 Å². The van der Waals surface area contributed by atoms with Crippen LogP contribution in [0.15, 0.2) is 108 Å². The number of anilines is 1. The van der Waals surface area contributed by atoms with Crippen LogP contribution in [0.5, 0.6) is 5.75 Å². The molecule has 246 valence electrons. The Bertz CT molecular complexity index is 1750. The van der Waals surface area contributed by atoms with Crippen LogP contribution in [0.25, 0.3) is 0 Å². The Morgan fingerprint density at radius 3 is 2.04 bits per heavy atom. The predicted octanol–water partition coefficient (Wildman–Crippen LogP) is 6.90. The minimum Gasteiger partial charge on any atom is -0.497 e. The quantitative estimate of drug-likeness (QED) is 0.164. The topological polar surface area (TPSA) is 96.0 Å². The van der Waals surface area contributed by atoms with Crippen molar-refractivity contribution >= 4 is 50.7 Å². The Kier molecular flexibility index (Phi) is 11.4. The number of para-hydroxylation sites is 1. The summed E-state index contributed by atoms with van der Waals surface area (Å²) in [4.78, 5) is 30.2. The van der Waals surface area contributed by atoms with Crippen molar-refractivity contribution in [3.63, 3.8) is 0 Å². The van der Waals surface area contributed by atoms with Gasteiger partial charge in [0.25, 0.3) is 10.0 Å². The third-order valence-electron chi connectivity index (χ3n) is 8.33. The molecule has 0 aromatic heterocycles. The fraction of sp³-hybridized carbons (Fsp3) is 0.278.